The van der Waals surface area contributed by atoms with E-state index in [0.717, 1.165) is 38.2 Å². The first-order chi connectivity index (χ1) is 17.9. The lowest BCUT2D eigenvalue weighted by Gasteiger charge is -2.26. The molecule has 0 spiro atoms. The Morgan fingerprint density at radius 2 is 1.84 bits per heavy atom. The number of rotatable bonds is 8. The molecule has 0 radical (unpaired) electrons. The van der Waals surface area contributed by atoms with Crippen LogP contribution in [0.15, 0.2) is 41.3 Å². The fraction of sp³-hybridized carbons (Fsp3) is 0.519. The van der Waals surface area contributed by atoms with Crippen LogP contribution in [-0.2, 0) is 17.5 Å². The number of hydrogen-bond acceptors (Lipinski definition) is 5. The normalized spacial score (nSPS) is 15.1. The molecule has 0 atom stereocenters. The highest BCUT2D eigenvalue weighted by Crippen LogP contribution is 2.32. The number of alkyl halides is 3. The molecule has 0 saturated carbocycles. The average Bonchev–Trinajstić information content (AvgIpc) is 3.26. The number of nitrogens with one attached hydrogen (secondary N) is 1. The molecule has 3 aromatic rings. The van der Waals surface area contributed by atoms with Gasteiger partial charge >= 0.3 is 6.18 Å². The van der Waals surface area contributed by atoms with E-state index in [1.54, 1.807) is 20.8 Å². The van der Waals surface area contributed by atoms with Crippen LogP contribution in [-0.4, -0.2) is 56.8 Å². The lowest BCUT2D eigenvalue weighted by atomic mass is 10.1. The first-order valence-electron chi connectivity index (χ1n) is 12.9. The second-order valence-electron chi connectivity index (χ2n) is 10.7. The molecule has 0 bridgehead atoms. The van der Waals surface area contributed by atoms with Crippen molar-refractivity contribution in [2.75, 3.05) is 26.2 Å². The van der Waals surface area contributed by atoms with Gasteiger partial charge in [0.25, 0.3) is 5.56 Å². The summed E-state index contributed by atoms with van der Waals surface area (Å²) in [6, 6.07) is 6.15. The highest BCUT2D eigenvalue weighted by Gasteiger charge is 2.31. The van der Waals surface area contributed by atoms with E-state index in [1.807, 2.05) is 0 Å². The Hall–Kier alpha value is -3.34. The molecule has 1 saturated heterocycles. The van der Waals surface area contributed by atoms with Gasteiger partial charge < -0.3 is 15.0 Å². The molecule has 1 amide bonds. The molecule has 2 aromatic heterocycles. The maximum atomic E-state index is 13.5. The minimum atomic E-state index is -4.56. The number of aromatic nitrogens is 3. The van der Waals surface area contributed by atoms with E-state index in [0.29, 0.717) is 6.61 Å². The van der Waals surface area contributed by atoms with Gasteiger partial charge in [-0.05, 0) is 65.3 Å². The number of amides is 1. The van der Waals surface area contributed by atoms with Crippen LogP contribution >= 0.6 is 0 Å². The van der Waals surface area contributed by atoms with Gasteiger partial charge in [0.15, 0.2) is 0 Å². The van der Waals surface area contributed by atoms with E-state index in [2.05, 4.69) is 15.3 Å². The third-order valence-corrected chi connectivity index (χ3v) is 6.33. The van der Waals surface area contributed by atoms with Gasteiger partial charge in [-0.3, -0.25) is 14.2 Å². The highest BCUT2D eigenvalue weighted by molar-refractivity contribution is 5.77. The molecule has 11 heteroatoms. The largest absolute Gasteiger partial charge is 0.477 e. The highest BCUT2D eigenvalue weighted by atomic mass is 19.4. The number of halogens is 3. The molecule has 38 heavy (non-hydrogen) atoms. The van der Waals surface area contributed by atoms with E-state index in [1.165, 1.54) is 52.7 Å². The lowest BCUT2D eigenvalue weighted by Crippen LogP contribution is -2.43. The summed E-state index contributed by atoms with van der Waals surface area (Å²) >= 11 is 0. The quantitative estimate of drug-likeness (QED) is 0.436. The predicted octanol–water partition coefficient (Wildman–Crippen LogP) is 4.35. The third kappa shape index (κ3) is 6.94. The second kappa shape index (κ2) is 11.2. The number of piperidine rings is 1. The number of hydrogen-bond donors (Lipinski definition) is 1. The van der Waals surface area contributed by atoms with Crippen molar-refractivity contribution in [2.45, 2.75) is 64.7 Å². The van der Waals surface area contributed by atoms with Crippen LogP contribution in [0.2, 0.25) is 0 Å². The Morgan fingerprint density at radius 1 is 1.11 bits per heavy atom. The van der Waals surface area contributed by atoms with Crippen molar-refractivity contribution in [3.05, 3.63) is 52.4 Å². The Kier molecular flexibility index (Phi) is 8.15. The van der Waals surface area contributed by atoms with Crippen LogP contribution in [0.4, 0.5) is 13.2 Å². The zero-order valence-corrected chi connectivity index (χ0v) is 22.0. The zero-order chi connectivity index (χ0) is 27.5. The number of likely N-dealkylation sites (tertiary alicyclic amines) is 1. The predicted molar refractivity (Wildman–Crippen MR) is 138 cm³/mol. The van der Waals surface area contributed by atoms with E-state index < -0.39 is 28.7 Å². The topological polar surface area (TPSA) is 80.9 Å². The van der Waals surface area contributed by atoms with E-state index in [9.17, 15) is 22.8 Å². The maximum absolute atomic E-state index is 13.5. The van der Waals surface area contributed by atoms with E-state index in [4.69, 9.17) is 4.74 Å². The molecule has 206 valence electrons. The van der Waals surface area contributed by atoms with Crippen LogP contribution in [0.3, 0.4) is 0 Å². The second-order valence-corrected chi connectivity index (χ2v) is 10.7. The van der Waals surface area contributed by atoms with Crippen molar-refractivity contribution in [1.29, 1.82) is 0 Å². The summed E-state index contributed by atoms with van der Waals surface area (Å²) in [5, 5.41) is 7.13. The molecule has 1 aliphatic rings. The Morgan fingerprint density at radius 3 is 2.53 bits per heavy atom. The van der Waals surface area contributed by atoms with Gasteiger partial charge in [-0.2, -0.15) is 13.2 Å². The maximum Gasteiger partial charge on any atom is 0.416 e. The third-order valence-electron chi connectivity index (χ3n) is 6.33. The minimum absolute atomic E-state index is 0.136. The monoisotopic (exact) mass is 533 g/mol. The van der Waals surface area contributed by atoms with Crippen molar-refractivity contribution in [2.24, 2.45) is 0 Å². The van der Waals surface area contributed by atoms with Gasteiger partial charge in [-0.25, -0.2) is 4.52 Å². The molecular weight excluding hydrogens is 499 g/mol. The van der Waals surface area contributed by atoms with Gasteiger partial charge in [0, 0.05) is 23.7 Å². The molecule has 3 heterocycles. The fourth-order valence-electron chi connectivity index (χ4n) is 4.63. The summed E-state index contributed by atoms with van der Waals surface area (Å²) in [6.45, 7) is 8.56. The zero-order valence-electron chi connectivity index (χ0n) is 22.0. The SMILES string of the molecule is CC(C)(C)NC(=O)Cn1c(-c2cccc(C(F)(F)F)c2)cn2nc(OCCCN3CCCCC3)cc2c1=O. The Balaban J connectivity index is 1.64. The Labute approximate surface area is 219 Å². The molecule has 1 aliphatic heterocycles. The molecule has 8 nitrogen and oxygen atoms in total. The summed E-state index contributed by atoms with van der Waals surface area (Å²) in [6.07, 6.45) is 1.39. The van der Waals surface area contributed by atoms with Crippen molar-refractivity contribution in [1.82, 2.24) is 24.4 Å². The summed E-state index contributed by atoms with van der Waals surface area (Å²) in [4.78, 5) is 28.6. The van der Waals surface area contributed by atoms with Crippen molar-refractivity contribution in [3.8, 4) is 17.1 Å². The molecule has 1 fully saturated rings. The molecule has 0 aliphatic carbocycles. The summed E-state index contributed by atoms with van der Waals surface area (Å²) < 4.78 is 48.5. The first kappa shape index (κ1) is 27.7. The average molecular weight is 534 g/mol. The standard InChI is InChI=1S/C27H34F3N5O3/c1-26(2,3)31-23(36)18-34-22(19-9-7-10-20(15-19)27(28,29)30)17-35-21(25(34)37)16-24(32-35)38-14-8-13-33-11-5-4-6-12-33/h7,9-10,15-17H,4-6,8,11-14,18H2,1-3H3,(H,31,36). The molecule has 1 aromatic carbocycles. The van der Waals surface area contributed by atoms with Crippen LogP contribution in [0, 0.1) is 0 Å². The lowest BCUT2D eigenvalue weighted by molar-refractivity contribution is -0.137. The molecule has 4 rings (SSSR count). The number of fused-ring (bicyclic) bond motifs is 1. The van der Waals surface area contributed by atoms with E-state index >= 15 is 0 Å². The smallest absolute Gasteiger partial charge is 0.416 e. The number of benzene rings is 1. The van der Waals surface area contributed by atoms with Gasteiger partial charge in [0.05, 0.1) is 24.1 Å². The van der Waals surface area contributed by atoms with Gasteiger partial charge in [0.2, 0.25) is 11.8 Å². The van der Waals surface area contributed by atoms with Gasteiger partial charge in [-0.15, -0.1) is 5.10 Å². The van der Waals surface area contributed by atoms with Crippen molar-refractivity contribution >= 4 is 11.4 Å². The van der Waals surface area contributed by atoms with E-state index in [-0.39, 0.29) is 29.2 Å². The van der Waals surface area contributed by atoms with Crippen LogP contribution in [0.25, 0.3) is 16.8 Å². The van der Waals surface area contributed by atoms with Gasteiger partial charge in [-0.1, -0.05) is 18.6 Å². The van der Waals surface area contributed by atoms with Crippen LogP contribution in [0.5, 0.6) is 5.88 Å². The molecule has 1 N–H and O–H groups in total. The summed E-state index contributed by atoms with van der Waals surface area (Å²) in [7, 11) is 0. The minimum Gasteiger partial charge on any atom is -0.477 e. The van der Waals surface area contributed by atoms with Crippen molar-refractivity contribution in [3.63, 3.8) is 0 Å². The van der Waals surface area contributed by atoms with Crippen molar-refractivity contribution < 1.29 is 22.7 Å². The number of nitrogens with zero attached hydrogens (tertiary/aromatic N) is 4. The number of carbonyl (C=O) groups is 1. The number of carbonyl (C=O) groups excluding carboxylic acids is 1. The first-order valence-corrected chi connectivity index (χ1v) is 12.9. The fourth-order valence-corrected chi connectivity index (χ4v) is 4.63. The Bertz CT molecular complexity index is 1330. The summed E-state index contributed by atoms with van der Waals surface area (Å²) in [5.41, 5.74) is -1.52. The summed E-state index contributed by atoms with van der Waals surface area (Å²) in [5.74, 6) is -0.196. The molecular formula is C27H34F3N5O3. The molecule has 0 unspecified atom stereocenters. The van der Waals surface area contributed by atoms with Crippen LogP contribution in [0.1, 0.15) is 52.0 Å². The number of ether oxygens (including phenoxy) is 1. The van der Waals surface area contributed by atoms with Crippen LogP contribution < -0.4 is 15.6 Å². The van der Waals surface area contributed by atoms with Gasteiger partial charge in [0.1, 0.15) is 12.1 Å².